The van der Waals surface area contributed by atoms with Crippen LogP contribution >= 0.6 is 12.4 Å². The molecule has 1 aliphatic carbocycles. The highest BCUT2D eigenvalue weighted by atomic mass is 35.5. The molecule has 1 heterocycles. The van der Waals surface area contributed by atoms with Crippen molar-refractivity contribution in [2.45, 2.75) is 57.5 Å². The van der Waals surface area contributed by atoms with Gasteiger partial charge < -0.3 is 10.6 Å². The minimum atomic E-state index is 0. The lowest BCUT2D eigenvalue weighted by Gasteiger charge is -2.27. The maximum absolute atomic E-state index is 12.1. The first-order valence-electron chi connectivity index (χ1n) is 7.53. The average molecular weight is 290 g/mol. The van der Waals surface area contributed by atoms with Crippen molar-refractivity contribution in [1.82, 2.24) is 15.5 Å². The Hall–Kier alpha value is -0.320. The van der Waals surface area contributed by atoms with E-state index in [-0.39, 0.29) is 18.3 Å². The van der Waals surface area contributed by atoms with Gasteiger partial charge in [0.2, 0.25) is 5.91 Å². The summed E-state index contributed by atoms with van der Waals surface area (Å²) in [5, 5.41) is 6.57. The van der Waals surface area contributed by atoms with Crippen LogP contribution in [0.5, 0.6) is 0 Å². The zero-order valence-electron chi connectivity index (χ0n) is 12.0. The van der Waals surface area contributed by atoms with Crippen LogP contribution in [0.4, 0.5) is 0 Å². The molecule has 0 aromatic rings. The third-order valence-electron chi connectivity index (χ3n) is 4.13. The minimum Gasteiger partial charge on any atom is -0.352 e. The summed E-state index contributed by atoms with van der Waals surface area (Å²) in [6.45, 7) is 5.93. The largest absolute Gasteiger partial charge is 0.352 e. The van der Waals surface area contributed by atoms with Gasteiger partial charge in [-0.1, -0.05) is 19.8 Å². The van der Waals surface area contributed by atoms with Gasteiger partial charge in [0.1, 0.15) is 0 Å². The van der Waals surface area contributed by atoms with Crippen LogP contribution in [0, 0.1) is 0 Å². The molecule has 1 unspecified atom stereocenters. The molecule has 2 fully saturated rings. The summed E-state index contributed by atoms with van der Waals surface area (Å²) in [5.41, 5.74) is 0. The summed E-state index contributed by atoms with van der Waals surface area (Å²) in [4.78, 5) is 14.4. The van der Waals surface area contributed by atoms with Gasteiger partial charge >= 0.3 is 0 Å². The standard InChI is InChI=1S/C14H27N3O.ClH/c1-2-9-17(13-7-8-15-10-13)11-14(18)16-12-5-3-4-6-12;/h12-13,15H,2-11H2,1H3,(H,16,18);1H. The molecule has 0 aromatic heterocycles. The summed E-state index contributed by atoms with van der Waals surface area (Å²) in [6.07, 6.45) is 7.19. The van der Waals surface area contributed by atoms with Gasteiger partial charge in [-0.25, -0.2) is 0 Å². The van der Waals surface area contributed by atoms with E-state index in [1.807, 2.05) is 0 Å². The molecule has 0 aromatic carbocycles. The minimum absolute atomic E-state index is 0. The Morgan fingerprint density at radius 3 is 2.63 bits per heavy atom. The van der Waals surface area contributed by atoms with Gasteiger partial charge in [0.15, 0.2) is 0 Å². The zero-order chi connectivity index (χ0) is 12.8. The molecule has 19 heavy (non-hydrogen) atoms. The van der Waals surface area contributed by atoms with Crippen molar-refractivity contribution in [1.29, 1.82) is 0 Å². The molecular formula is C14H28ClN3O. The van der Waals surface area contributed by atoms with Crippen LogP contribution < -0.4 is 10.6 Å². The summed E-state index contributed by atoms with van der Waals surface area (Å²) in [5.74, 6) is 0.224. The number of amides is 1. The van der Waals surface area contributed by atoms with E-state index in [0.29, 0.717) is 18.6 Å². The van der Waals surface area contributed by atoms with Crippen LogP contribution in [0.25, 0.3) is 0 Å². The lowest BCUT2D eigenvalue weighted by atomic mass is 10.2. The molecule has 5 heteroatoms. The predicted molar refractivity (Wildman–Crippen MR) is 80.8 cm³/mol. The van der Waals surface area contributed by atoms with Crippen molar-refractivity contribution in [3.05, 3.63) is 0 Å². The summed E-state index contributed by atoms with van der Waals surface area (Å²) >= 11 is 0. The van der Waals surface area contributed by atoms with E-state index in [9.17, 15) is 4.79 Å². The van der Waals surface area contributed by atoms with Gasteiger partial charge in [-0.2, -0.15) is 0 Å². The highest BCUT2D eigenvalue weighted by molar-refractivity contribution is 5.85. The van der Waals surface area contributed by atoms with E-state index >= 15 is 0 Å². The fourth-order valence-corrected chi connectivity index (χ4v) is 3.16. The number of halogens is 1. The normalized spacial score (nSPS) is 23.6. The summed E-state index contributed by atoms with van der Waals surface area (Å²) in [6, 6.07) is 1.00. The number of carbonyl (C=O) groups excluding carboxylic acids is 1. The topological polar surface area (TPSA) is 44.4 Å². The van der Waals surface area contributed by atoms with Gasteiger partial charge in [0, 0.05) is 18.6 Å². The maximum atomic E-state index is 12.1. The van der Waals surface area contributed by atoms with Crippen LogP contribution in [0.3, 0.4) is 0 Å². The third-order valence-corrected chi connectivity index (χ3v) is 4.13. The van der Waals surface area contributed by atoms with Gasteiger partial charge in [-0.3, -0.25) is 9.69 Å². The quantitative estimate of drug-likeness (QED) is 0.780. The van der Waals surface area contributed by atoms with Gasteiger partial charge in [-0.15, -0.1) is 12.4 Å². The average Bonchev–Trinajstić information content (AvgIpc) is 3.00. The first kappa shape index (κ1) is 16.7. The Bertz CT molecular complexity index is 263. The van der Waals surface area contributed by atoms with Crippen molar-refractivity contribution < 1.29 is 4.79 Å². The van der Waals surface area contributed by atoms with E-state index in [0.717, 1.165) is 26.1 Å². The molecule has 0 spiro atoms. The number of carbonyl (C=O) groups is 1. The molecule has 1 atom stereocenters. The van der Waals surface area contributed by atoms with Crippen molar-refractivity contribution in [2.75, 3.05) is 26.2 Å². The summed E-state index contributed by atoms with van der Waals surface area (Å²) in [7, 11) is 0. The zero-order valence-corrected chi connectivity index (χ0v) is 12.8. The molecule has 1 saturated carbocycles. The van der Waals surface area contributed by atoms with Gasteiger partial charge in [0.25, 0.3) is 0 Å². The molecule has 0 bridgehead atoms. The maximum Gasteiger partial charge on any atom is 0.234 e. The van der Waals surface area contributed by atoms with Crippen molar-refractivity contribution in [3.8, 4) is 0 Å². The fraction of sp³-hybridized carbons (Fsp3) is 0.929. The molecule has 1 aliphatic heterocycles. The Morgan fingerprint density at radius 2 is 2.05 bits per heavy atom. The molecule has 1 amide bonds. The molecule has 112 valence electrons. The second-order valence-corrected chi connectivity index (χ2v) is 5.67. The van der Waals surface area contributed by atoms with E-state index in [1.54, 1.807) is 0 Å². The second kappa shape index (κ2) is 8.77. The lowest BCUT2D eigenvalue weighted by Crippen LogP contribution is -2.46. The van der Waals surface area contributed by atoms with Crippen LogP contribution in [-0.2, 0) is 4.79 Å². The second-order valence-electron chi connectivity index (χ2n) is 5.67. The Morgan fingerprint density at radius 1 is 1.32 bits per heavy atom. The Kier molecular flexibility index (Phi) is 7.73. The third kappa shape index (κ3) is 5.28. The monoisotopic (exact) mass is 289 g/mol. The Balaban J connectivity index is 0.00000180. The van der Waals surface area contributed by atoms with E-state index in [4.69, 9.17) is 0 Å². The number of hydrogen-bond acceptors (Lipinski definition) is 3. The molecular weight excluding hydrogens is 262 g/mol. The number of nitrogens with one attached hydrogen (secondary N) is 2. The molecule has 2 N–H and O–H groups in total. The van der Waals surface area contributed by atoms with Gasteiger partial charge in [0.05, 0.1) is 6.54 Å². The Labute approximate surface area is 123 Å². The number of nitrogens with zero attached hydrogens (tertiary/aromatic N) is 1. The van der Waals surface area contributed by atoms with Crippen molar-refractivity contribution in [3.63, 3.8) is 0 Å². The van der Waals surface area contributed by atoms with E-state index < -0.39 is 0 Å². The van der Waals surface area contributed by atoms with Crippen molar-refractivity contribution >= 4 is 18.3 Å². The van der Waals surface area contributed by atoms with E-state index in [1.165, 1.54) is 32.1 Å². The lowest BCUT2D eigenvalue weighted by molar-refractivity contribution is -0.123. The SMILES string of the molecule is CCCN(CC(=O)NC1CCCC1)C1CCNC1.Cl. The molecule has 4 nitrogen and oxygen atoms in total. The van der Waals surface area contributed by atoms with Gasteiger partial charge in [-0.05, 0) is 38.8 Å². The first-order valence-corrected chi connectivity index (χ1v) is 7.53. The van der Waals surface area contributed by atoms with Crippen molar-refractivity contribution in [2.24, 2.45) is 0 Å². The molecule has 2 aliphatic rings. The van der Waals surface area contributed by atoms with Crippen LogP contribution in [0.1, 0.15) is 45.4 Å². The first-order chi connectivity index (χ1) is 8.79. The van der Waals surface area contributed by atoms with Crippen LogP contribution in [-0.4, -0.2) is 49.1 Å². The highest BCUT2D eigenvalue weighted by Gasteiger charge is 2.24. The van der Waals surface area contributed by atoms with Crippen LogP contribution in [0.15, 0.2) is 0 Å². The predicted octanol–water partition coefficient (Wildman–Crippen LogP) is 1.54. The molecule has 1 saturated heterocycles. The van der Waals surface area contributed by atoms with E-state index in [2.05, 4.69) is 22.5 Å². The van der Waals surface area contributed by atoms with Crippen LogP contribution in [0.2, 0.25) is 0 Å². The number of hydrogen-bond donors (Lipinski definition) is 2. The summed E-state index contributed by atoms with van der Waals surface area (Å²) < 4.78 is 0. The molecule has 0 radical (unpaired) electrons. The number of rotatable bonds is 6. The highest BCUT2D eigenvalue weighted by Crippen LogP contribution is 2.17. The fourth-order valence-electron chi connectivity index (χ4n) is 3.16. The molecule has 2 rings (SSSR count). The smallest absolute Gasteiger partial charge is 0.234 e.